The van der Waals surface area contributed by atoms with E-state index in [0.29, 0.717) is 12.5 Å². The van der Waals surface area contributed by atoms with Crippen molar-refractivity contribution in [2.75, 3.05) is 32.7 Å². The molecule has 0 aromatic carbocycles. The van der Waals surface area contributed by atoms with Crippen LogP contribution in [-0.4, -0.2) is 54.5 Å². The van der Waals surface area contributed by atoms with Gasteiger partial charge in [0.2, 0.25) is 5.91 Å². The van der Waals surface area contributed by atoms with Gasteiger partial charge in [-0.25, -0.2) is 0 Å². The van der Waals surface area contributed by atoms with Crippen molar-refractivity contribution in [3.63, 3.8) is 0 Å². The summed E-state index contributed by atoms with van der Waals surface area (Å²) in [7, 11) is 0. The van der Waals surface area contributed by atoms with Crippen molar-refractivity contribution >= 4 is 5.91 Å². The Morgan fingerprint density at radius 3 is 2.15 bits per heavy atom. The van der Waals surface area contributed by atoms with Gasteiger partial charge in [0.15, 0.2) is 0 Å². The SMILES string of the molecule is NCC1(C(=O)N2CCN(C3CCCC3)CC2)CCCC1. The molecule has 0 aromatic rings. The van der Waals surface area contributed by atoms with Gasteiger partial charge in [-0.2, -0.15) is 0 Å². The lowest BCUT2D eigenvalue weighted by Crippen LogP contribution is -2.55. The highest BCUT2D eigenvalue weighted by Gasteiger charge is 2.43. The molecule has 20 heavy (non-hydrogen) atoms. The molecule has 2 N–H and O–H groups in total. The molecule has 0 atom stereocenters. The van der Waals surface area contributed by atoms with Crippen LogP contribution in [0.1, 0.15) is 51.4 Å². The second-order valence-corrected chi connectivity index (χ2v) is 6.96. The molecule has 1 saturated heterocycles. The van der Waals surface area contributed by atoms with Crippen LogP contribution in [0.2, 0.25) is 0 Å². The van der Waals surface area contributed by atoms with Crippen molar-refractivity contribution in [2.45, 2.75) is 57.4 Å². The van der Waals surface area contributed by atoms with Crippen molar-refractivity contribution in [3.8, 4) is 0 Å². The van der Waals surface area contributed by atoms with Crippen molar-refractivity contribution in [3.05, 3.63) is 0 Å². The van der Waals surface area contributed by atoms with Gasteiger partial charge in [0.05, 0.1) is 5.41 Å². The number of hydrogen-bond acceptors (Lipinski definition) is 3. The highest BCUT2D eigenvalue weighted by atomic mass is 16.2. The quantitative estimate of drug-likeness (QED) is 0.853. The van der Waals surface area contributed by atoms with Gasteiger partial charge in [0.1, 0.15) is 0 Å². The van der Waals surface area contributed by atoms with Gasteiger partial charge in [0, 0.05) is 38.8 Å². The summed E-state index contributed by atoms with van der Waals surface area (Å²) in [5, 5.41) is 0. The van der Waals surface area contributed by atoms with Gasteiger partial charge in [-0.15, -0.1) is 0 Å². The molecule has 1 heterocycles. The van der Waals surface area contributed by atoms with Crippen LogP contribution in [0.25, 0.3) is 0 Å². The summed E-state index contributed by atoms with van der Waals surface area (Å²) >= 11 is 0. The van der Waals surface area contributed by atoms with Gasteiger partial charge in [-0.3, -0.25) is 9.69 Å². The van der Waals surface area contributed by atoms with Gasteiger partial charge in [-0.1, -0.05) is 25.7 Å². The average molecular weight is 279 g/mol. The molecule has 1 amide bonds. The Labute approximate surface area is 122 Å². The van der Waals surface area contributed by atoms with Crippen LogP contribution < -0.4 is 5.73 Å². The lowest BCUT2D eigenvalue weighted by Gasteiger charge is -2.41. The third-order valence-corrected chi connectivity index (χ3v) is 5.85. The minimum atomic E-state index is -0.213. The van der Waals surface area contributed by atoms with Crippen molar-refractivity contribution in [1.82, 2.24) is 9.80 Å². The predicted octanol–water partition coefficient (Wildman–Crippen LogP) is 1.59. The molecule has 1 aliphatic heterocycles. The van der Waals surface area contributed by atoms with E-state index < -0.39 is 0 Å². The third-order valence-electron chi connectivity index (χ3n) is 5.85. The van der Waals surface area contributed by atoms with Gasteiger partial charge >= 0.3 is 0 Å². The summed E-state index contributed by atoms with van der Waals surface area (Å²) in [6.45, 7) is 4.50. The number of hydrogen-bond donors (Lipinski definition) is 1. The van der Waals surface area contributed by atoms with E-state index in [1.165, 1.54) is 38.5 Å². The third kappa shape index (κ3) is 2.60. The zero-order valence-corrected chi connectivity index (χ0v) is 12.6. The number of rotatable bonds is 3. The zero-order chi connectivity index (χ0) is 14.0. The maximum absolute atomic E-state index is 12.8. The zero-order valence-electron chi connectivity index (χ0n) is 12.6. The number of carbonyl (C=O) groups excluding carboxylic acids is 1. The van der Waals surface area contributed by atoms with E-state index in [9.17, 15) is 4.79 Å². The second kappa shape index (κ2) is 6.02. The van der Waals surface area contributed by atoms with E-state index in [0.717, 1.165) is 45.1 Å². The lowest BCUT2D eigenvalue weighted by atomic mass is 9.84. The van der Waals surface area contributed by atoms with Crippen molar-refractivity contribution in [1.29, 1.82) is 0 Å². The van der Waals surface area contributed by atoms with Crippen LogP contribution in [0.15, 0.2) is 0 Å². The second-order valence-electron chi connectivity index (χ2n) is 6.96. The molecule has 114 valence electrons. The smallest absolute Gasteiger partial charge is 0.230 e. The summed E-state index contributed by atoms with van der Waals surface area (Å²) in [6.07, 6.45) is 9.86. The van der Waals surface area contributed by atoms with E-state index in [1.807, 2.05) is 0 Å². The highest BCUT2D eigenvalue weighted by molar-refractivity contribution is 5.83. The Balaban J connectivity index is 1.56. The summed E-state index contributed by atoms with van der Waals surface area (Å²) < 4.78 is 0. The van der Waals surface area contributed by atoms with Crippen molar-refractivity contribution < 1.29 is 4.79 Å². The minimum Gasteiger partial charge on any atom is -0.340 e. The molecule has 0 spiro atoms. The Morgan fingerprint density at radius 1 is 1.00 bits per heavy atom. The average Bonchev–Trinajstić information content (AvgIpc) is 3.18. The largest absolute Gasteiger partial charge is 0.340 e. The maximum Gasteiger partial charge on any atom is 0.230 e. The van der Waals surface area contributed by atoms with Gasteiger partial charge in [-0.05, 0) is 25.7 Å². The monoisotopic (exact) mass is 279 g/mol. The van der Waals surface area contributed by atoms with E-state index >= 15 is 0 Å². The summed E-state index contributed by atoms with van der Waals surface area (Å²) in [5.41, 5.74) is 5.73. The summed E-state index contributed by atoms with van der Waals surface area (Å²) in [4.78, 5) is 17.5. The molecular formula is C16H29N3O. The Morgan fingerprint density at radius 2 is 1.60 bits per heavy atom. The molecular weight excluding hydrogens is 250 g/mol. The fraction of sp³-hybridized carbons (Fsp3) is 0.938. The number of amides is 1. The Bertz CT molecular complexity index is 338. The van der Waals surface area contributed by atoms with Crippen LogP contribution in [-0.2, 0) is 4.79 Å². The first-order valence-corrected chi connectivity index (χ1v) is 8.49. The minimum absolute atomic E-state index is 0.213. The first-order chi connectivity index (χ1) is 9.75. The molecule has 0 aromatic heterocycles. The maximum atomic E-state index is 12.8. The van der Waals surface area contributed by atoms with Crippen LogP contribution >= 0.6 is 0 Å². The summed E-state index contributed by atoms with van der Waals surface area (Å²) in [5.74, 6) is 0.351. The number of nitrogens with zero attached hydrogens (tertiary/aromatic N) is 2. The lowest BCUT2D eigenvalue weighted by molar-refractivity contribution is -0.143. The fourth-order valence-electron chi connectivity index (χ4n) is 4.45. The van der Waals surface area contributed by atoms with Gasteiger partial charge in [0.25, 0.3) is 0 Å². The van der Waals surface area contributed by atoms with Crippen LogP contribution in [0.3, 0.4) is 0 Å². The molecule has 0 unspecified atom stereocenters. The Kier molecular flexibility index (Phi) is 4.32. The number of carbonyl (C=O) groups is 1. The van der Waals surface area contributed by atoms with Crippen molar-refractivity contribution in [2.24, 2.45) is 11.1 Å². The molecule has 3 fully saturated rings. The van der Waals surface area contributed by atoms with E-state index in [4.69, 9.17) is 5.73 Å². The summed E-state index contributed by atoms with van der Waals surface area (Å²) in [6, 6.07) is 0.794. The standard InChI is InChI=1S/C16H29N3O/c17-13-16(7-3-4-8-16)15(20)19-11-9-18(10-12-19)14-5-1-2-6-14/h14H,1-13,17H2. The molecule has 3 aliphatic rings. The molecule has 2 saturated carbocycles. The first kappa shape index (κ1) is 14.3. The highest BCUT2D eigenvalue weighted by Crippen LogP contribution is 2.39. The molecule has 3 rings (SSSR count). The Hall–Kier alpha value is -0.610. The predicted molar refractivity (Wildman–Crippen MR) is 80.4 cm³/mol. The molecule has 0 bridgehead atoms. The molecule has 0 radical (unpaired) electrons. The number of nitrogens with two attached hydrogens (primary N) is 1. The topological polar surface area (TPSA) is 49.6 Å². The first-order valence-electron chi connectivity index (χ1n) is 8.49. The molecule has 2 aliphatic carbocycles. The number of piperazine rings is 1. The normalized spacial score (nSPS) is 28.1. The van der Waals surface area contributed by atoms with Crippen LogP contribution in [0.4, 0.5) is 0 Å². The van der Waals surface area contributed by atoms with Gasteiger partial charge < -0.3 is 10.6 Å². The van der Waals surface area contributed by atoms with Crippen LogP contribution in [0.5, 0.6) is 0 Å². The molecule has 4 nitrogen and oxygen atoms in total. The fourth-order valence-corrected chi connectivity index (χ4v) is 4.45. The van der Waals surface area contributed by atoms with Crippen LogP contribution in [0, 0.1) is 5.41 Å². The van der Waals surface area contributed by atoms with E-state index in [-0.39, 0.29) is 5.41 Å². The molecule has 4 heteroatoms. The van der Waals surface area contributed by atoms with E-state index in [1.54, 1.807) is 0 Å². The van der Waals surface area contributed by atoms with E-state index in [2.05, 4.69) is 9.80 Å².